The molecule has 2 aromatic rings. The Morgan fingerprint density at radius 2 is 1.81 bits per heavy atom. The van der Waals surface area contributed by atoms with Crippen molar-refractivity contribution in [3.05, 3.63) is 65.7 Å². The Morgan fingerprint density at radius 3 is 2.43 bits per heavy atom. The maximum atomic E-state index is 11.5. The van der Waals surface area contributed by atoms with Crippen LogP contribution in [0.5, 0.6) is 0 Å². The van der Waals surface area contributed by atoms with Gasteiger partial charge in [-0.1, -0.05) is 36.4 Å². The van der Waals surface area contributed by atoms with E-state index in [1.165, 1.54) is 21.9 Å². The zero-order valence-electron chi connectivity index (χ0n) is 11.0. The second-order valence-corrected chi connectivity index (χ2v) is 5.23. The van der Waals surface area contributed by atoms with Crippen LogP contribution in [0.4, 0.5) is 5.69 Å². The zero-order chi connectivity index (χ0) is 15.2. The number of rotatable bonds is 5. The molecule has 110 valence electrons. The third-order valence-electron chi connectivity index (χ3n) is 2.88. The number of hydroxylamine groups is 1. The van der Waals surface area contributed by atoms with Crippen LogP contribution in [0.3, 0.4) is 0 Å². The quantitative estimate of drug-likeness (QED) is 0.442. The molecule has 0 aliphatic rings. The molecule has 0 radical (unpaired) electrons. The third kappa shape index (κ3) is 3.80. The molecule has 6 nitrogen and oxygen atoms in total. The van der Waals surface area contributed by atoms with E-state index in [1.807, 2.05) is 30.3 Å². The molecule has 0 aromatic heterocycles. The minimum atomic E-state index is -2.86. The van der Waals surface area contributed by atoms with Crippen LogP contribution in [0.25, 0.3) is 0 Å². The summed E-state index contributed by atoms with van der Waals surface area (Å²) < 4.78 is 24.1. The number of hydrogen-bond donors (Lipinski definition) is 3. The normalized spacial score (nSPS) is 10.4. The minimum Gasteiger partial charge on any atom is -0.288 e. The van der Waals surface area contributed by atoms with Gasteiger partial charge in [0, 0.05) is 5.56 Å². The summed E-state index contributed by atoms with van der Waals surface area (Å²) in [6.07, 6.45) is 0. The maximum Gasteiger partial charge on any atom is 0.274 e. The van der Waals surface area contributed by atoms with E-state index in [9.17, 15) is 13.2 Å². The molecule has 0 bridgehead atoms. The van der Waals surface area contributed by atoms with Gasteiger partial charge in [-0.3, -0.25) is 14.3 Å². The van der Waals surface area contributed by atoms with Crippen molar-refractivity contribution < 1.29 is 18.4 Å². The second kappa shape index (κ2) is 6.87. The lowest BCUT2D eigenvalue weighted by molar-refractivity contribution is 0.0706. The molecule has 0 saturated carbocycles. The molecule has 0 unspecified atom stereocenters. The van der Waals surface area contributed by atoms with Gasteiger partial charge < -0.3 is 0 Å². The van der Waals surface area contributed by atoms with Crippen LogP contribution in [0.2, 0.25) is 0 Å². The van der Waals surface area contributed by atoms with Crippen molar-refractivity contribution in [3.8, 4) is 0 Å². The number of nitrogens with zero attached hydrogens (tertiary/aromatic N) is 1. The highest BCUT2D eigenvalue weighted by molar-refractivity contribution is 7.74. The summed E-state index contributed by atoms with van der Waals surface area (Å²) in [7, 11) is -2.86. The van der Waals surface area contributed by atoms with Crippen LogP contribution in [0.1, 0.15) is 15.9 Å². The van der Waals surface area contributed by atoms with Crippen molar-refractivity contribution in [1.29, 1.82) is 0 Å². The highest BCUT2D eigenvalue weighted by atomic mass is 32.2. The van der Waals surface area contributed by atoms with Gasteiger partial charge in [-0.15, -0.1) is 0 Å². The molecule has 2 rings (SSSR count). The number of anilines is 1. The van der Waals surface area contributed by atoms with E-state index in [-0.39, 0.29) is 12.1 Å². The molecule has 7 heteroatoms. The number of benzene rings is 2. The van der Waals surface area contributed by atoms with Gasteiger partial charge >= 0.3 is 0 Å². The smallest absolute Gasteiger partial charge is 0.274 e. The number of nitrogens with one attached hydrogen (secondary N) is 1. The summed E-state index contributed by atoms with van der Waals surface area (Å²) in [5.41, 5.74) is 2.87. The fourth-order valence-corrected chi connectivity index (χ4v) is 2.46. The van der Waals surface area contributed by atoms with E-state index >= 15 is 0 Å². The minimum absolute atomic E-state index is 0.170. The summed E-state index contributed by atoms with van der Waals surface area (Å²) in [5, 5.41) is 8.63. The number of amides is 1. The molecule has 0 aliphatic carbocycles. The van der Waals surface area contributed by atoms with Crippen molar-refractivity contribution in [2.45, 2.75) is 6.54 Å². The highest BCUT2D eigenvalue weighted by Gasteiger charge is 2.12. The zero-order valence-corrected chi connectivity index (χ0v) is 11.9. The number of thiol groups is 1. The Labute approximate surface area is 123 Å². The fraction of sp³-hybridized carbons (Fsp3) is 0.0714. The van der Waals surface area contributed by atoms with Gasteiger partial charge in [-0.25, -0.2) is 13.9 Å². The summed E-state index contributed by atoms with van der Waals surface area (Å²) in [6, 6.07) is 15.1. The van der Waals surface area contributed by atoms with E-state index in [2.05, 4.69) is 0 Å². The molecule has 0 aliphatic heterocycles. The Bertz CT molecular complexity index is 693. The van der Waals surface area contributed by atoms with Crippen molar-refractivity contribution in [2.75, 3.05) is 4.31 Å². The van der Waals surface area contributed by atoms with Crippen LogP contribution in [-0.4, -0.2) is 19.5 Å². The van der Waals surface area contributed by atoms with Crippen molar-refractivity contribution >= 4 is 22.5 Å². The van der Waals surface area contributed by atoms with Crippen molar-refractivity contribution in [3.63, 3.8) is 0 Å². The molecule has 1 amide bonds. The van der Waals surface area contributed by atoms with Gasteiger partial charge in [0.15, 0.2) is 0 Å². The van der Waals surface area contributed by atoms with Crippen LogP contribution in [-0.2, 0) is 17.4 Å². The topological polar surface area (TPSA) is 86.7 Å². The fourth-order valence-electron chi connectivity index (χ4n) is 1.87. The Balaban J connectivity index is 2.33. The average Bonchev–Trinajstić information content (AvgIpc) is 2.52. The second-order valence-electron chi connectivity index (χ2n) is 4.27. The summed E-state index contributed by atoms with van der Waals surface area (Å²) in [5.74, 6) is -0.697. The Kier molecular flexibility index (Phi) is 4.91. The standard InChI is InChI=1S/C14H14N2O4S/c17-14(15-18)12-7-4-8-13(9-12)16(21(19)20)10-11-5-2-1-3-6-11/h1-9,18,21H,10H2,(H,15,17). The number of hydrogen-bond acceptors (Lipinski definition) is 4. The maximum absolute atomic E-state index is 11.5. The monoisotopic (exact) mass is 306 g/mol. The molecule has 0 spiro atoms. The number of carbonyl (C=O) groups excluding carboxylic acids is 1. The average molecular weight is 306 g/mol. The van der Waals surface area contributed by atoms with E-state index in [0.29, 0.717) is 5.69 Å². The molecule has 2 N–H and O–H groups in total. The molecule has 0 atom stereocenters. The van der Waals surface area contributed by atoms with Gasteiger partial charge in [0.05, 0.1) is 12.2 Å². The lowest BCUT2D eigenvalue weighted by Gasteiger charge is -2.18. The highest BCUT2D eigenvalue weighted by Crippen LogP contribution is 2.19. The predicted molar refractivity (Wildman–Crippen MR) is 78.6 cm³/mol. The summed E-state index contributed by atoms with van der Waals surface area (Å²) >= 11 is 0. The molecular formula is C14H14N2O4S. The lowest BCUT2D eigenvalue weighted by atomic mass is 10.1. The van der Waals surface area contributed by atoms with Crippen molar-refractivity contribution in [2.24, 2.45) is 0 Å². The van der Waals surface area contributed by atoms with E-state index in [4.69, 9.17) is 5.21 Å². The SMILES string of the molecule is O=C(NO)c1cccc(N(Cc2ccccc2)[SH](=O)=O)c1. The predicted octanol–water partition coefficient (Wildman–Crippen LogP) is 1.34. The molecule has 2 aromatic carbocycles. The van der Waals surface area contributed by atoms with E-state index in [1.54, 1.807) is 12.1 Å². The first-order chi connectivity index (χ1) is 10.1. The van der Waals surface area contributed by atoms with E-state index < -0.39 is 16.8 Å². The first-order valence-corrected chi connectivity index (χ1v) is 7.25. The molecule has 0 saturated heterocycles. The van der Waals surface area contributed by atoms with Crippen molar-refractivity contribution in [1.82, 2.24) is 5.48 Å². The number of carbonyl (C=O) groups is 1. The van der Waals surface area contributed by atoms with Gasteiger partial charge in [0.25, 0.3) is 5.91 Å². The van der Waals surface area contributed by atoms with Crippen LogP contribution < -0.4 is 9.79 Å². The van der Waals surface area contributed by atoms with Gasteiger partial charge in [-0.2, -0.15) is 0 Å². The molecular weight excluding hydrogens is 292 g/mol. The van der Waals surface area contributed by atoms with Gasteiger partial charge in [0.1, 0.15) is 0 Å². The summed E-state index contributed by atoms with van der Waals surface area (Å²) in [6.45, 7) is 0.170. The van der Waals surface area contributed by atoms with Crippen LogP contribution in [0.15, 0.2) is 54.6 Å². The third-order valence-corrected chi connectivity index (χ3v) is 3.65. The Hall–Kier alpha value is -2.38. The first kappa shape index (κ1) is 15.0. The van der Waals surface area contributed by atoms with E-state index in [0.717, 1.165) is 5.56 Å². The van der Waals surface area contributed by atoms with Crippen LogP contribution in [0, 0.1) is 0 Å². The Morgan fingerprint density at radius 1 is 1.10 bits per heavy atom. The largest absolute Gasteiger partial charge is 0.288 e. The summed E-state index contributed by atoms with van der Waals surface area (Å²) in [4.78, 5) is 11.4. The van der Waals surface area contributed by atoms with Crippen LogP contribution >= 0.6 is 0 Å². The molecule has 0 heterocycles. The van der Waals surface area contributed by atoms with Gasteiger partial charge in [0.2, 0.25) is 10.9 Å². The molecule has 21 heavy (non-hydrogen) atoms. The lowest BCUT2D eigenvalue weighted by Crippen LogP contribution is -2.22. The first-order valence-electron chi connectivity index (χ1n) is 6.12. The molecule has 0 fully saturated rings. The van der Waals surface area contributed by atoms with Gasteiger partial charge in [-0.05, 0) is 23.8 Å².